The summed E-state index contributed by atoms with van der Waals surface area (Å²) in [5, 5.41) is 15.6. The zero-order valence-corrected chi connectivity index (χ0v) is 13.0. The zero-order chi connectivity index (χ0) is 14.2. The second kappa shape index (κ2) is 5.43. The predicted molar refractivity (Wildman–Crippen MR) is 77.2 cm³/mol. The van der Waals surface area contributed by atoms with E-state index in [9.17, 15) is 5.11 Å². The molecule has 4 nitrogen and oxygen atoms in total. The van der Waals surface area contributed by atoms with E-state index in [1.54, 1.807) is 10.9 Å². The molecule has 0 aliphatic heterocycles. The van der Waals surface area contributed by atoms with Gasteiger partial charge < -0.3 is 10.0 Å². The molecule has 3 atom stereocenters. The third kappa shape index (κ3) is 2.54. The van der Waals surface area contributed by atoms with Crippen LogP contribution in [-0.4, -0.2) is 39.4 Å². The molecule has 108 valence electrons. The summed E-state index contributed by atoms with van der Waals surface area (Å²) in [6.07, 6.45) is 5.36. The first-order valence-electron chi connectivity index (χ1n) is 6.91. The minimum absolute atomic E-state index is 0.241. The fourth-order valence-electron chi connectivity index (χ4n) is 3.45. The SMILES string of the molecule is CC1CCCC(C(O)c2c(Cl)cnn2C)(N(C)C)C1. The number of rotatable bonds is 3. The van der Waals surface area contributed by atoms with Gasteiger partial charge in [0.1, 0.15) is 6.10 Å². The van der Waals surface area contributed by atoms with Crippen LogP contribution in [0.5, 0.6) is 0 Å². The van der Waals surface area contributed by atoms with Crippen LogP contribution in [-0.2, 0) is 7.05 Å². The van der Waals surface area contributed by atoms with Gasteiger partial charge >= 0.3 is 0 Å². The van der Waals surface area contributed by atoms with Crippen LogP contribution >= 0.6 is 11.6 Å². The van der Waals surface area contributed by atoms with Crippen molar-refractivity contribution in [3.8, 4) is 0 Å². The van der Waals surface area contributed by atoms with Gasteiger partial charge in [-0.05, 0) is 32.9 Å². The molecule has 0 aromatic carbocycles. The Balaban J connectivity index is 2.39. The highest BCUT2D eigenvalue weighted by molar-refractivity contribution is 6.31. The van der Waals surface area contributed by atoms with E-state index in [-0.39, 0.29) is 5.54 Å². The normalized spacial score (nSPS) is 29.7. The minimum Gasteiger partial charge on any atom is -0.385 e. The summed E-state index contributed by atoms with van der Waals surface area (Å²) >= 11 is 6.20. The molecule has 19 heavy (non-hydrogen) atoms. The lowest BCUT2D eigenvalue weighted by molar-refractivity contribution is -0.0486. The van der Waals surface area contributed by atoms with Gasteiger partial charge in [-0.1, -0.05) is 31.4 Å². The van der Waals surface area contributed by atoms with E-state index >= 15 is 0 Å². The van der Waals surface area contributed by atoms with E-state index in [2.05, 4.69) is 16.9 Å². The van der Waals surface area contributed by atoms with Crippen LogP contribution in [0.2, 0.25) is 5.02 Å². The molecule has 0 spiro atoms. The van der Waals surface area contributed by atoms with Gasteiger partial charge in [-0.15, -0.1) is 0 Å². The van der Waals surface area contributed by atoms with Crippen LogP contribution in [0.25, 0.3) is 0 Å². The first-order valence-corrected chi connectivity index (χ1v) is 7.29. The molecular formula is C14H24ClN3O. The number of aromatic nitrogens is 2. The van der Waals surface area contributed by atoms with Crippen molar-refractivity contribution in [2.45, 2.75) is 44.2 Å². The topological polar surface area (TPSA) is 41.3 Å². The van der Waals surface area contributed by atoms with E-state index in [4.69, 9.17) is 11.6 Å². The molecule has 5 heteroatoms. The Kier molecular flexibility index (Phi) is 4.23. The Morgan fingerprint density at radius 1 is 1.58 bits per heavy atom. The number of aliphatic hydroxyl groups excluding tert-OH is 1. The smallest absolute Gasteiger partial charge is 0.115 e. The van der Waals surface area contributed by atoms with E-state index in [0.29, 0.717) is 10.9 Å². The summed E-state index contributed by atoms with van der Waals surface area (Å²) in [5.74, 6) is 0.623. The molecule has 1 heterocycles. The summed E-state index contributed by atoms with van der Waals surface area (Å²) in [4.78, 5) is 2.16. The van der Waals surface area contributed by atoms with Crippen molar-refractivity contribution >= 4 is 11.6 Å². The zero-order valence-electron chi connectivity index (χ0n) is 12.2. The highest BCUT2D eigenvalue weighted by atomic mass is 35.5. The molecule has 0 radical (unpaired) electrons. The first kappa shape index (κ1) is 14.8. The van der Waals surface area contributed by atoms with Crippen LogP contribution in [0.3, 0.4) is 0 Å². The molecule has 1 aliphatic rings. The lowest BCUT2D eigenvalue weighted by atomic mass is 9.71. The number of nitrogens with zero attached hydrogens (tertiary/aromatic N) is 3. The monoisotopic (exact) mass is 285 g/mol. The van der Waals surface area contributed by atoms with Crippen molar-refractivity contribution in [1.29, 1.82) is 0 Å². The number of hydrogen-bond acceptors (Lipinski definition) is 3. The molecule has 0 saturated heterocycles. The number of halogens is 1. The molecule has 0 amide bonds. The summed E-state index contributed by atoms with van der Waals surface area (Å²) in [5.41, 5.74) is 0.485. The second-order valence-corrected chi connectivity index (χ2v) is 6.51. The molecular weight excluding hydrogens is 262 g/mol. The van der Waals surface area contributed by atoms with Gasteiger partial charge in [0.05, 0.1) is 22.5 Å². The molecule has 1 N–H and O–H groups in total. The average molecular weight is 286 g/mol. The minimum atomic E-state index is -0.606. The van der Waals surface area contributed by atoms with Gasteiger partial charge in [-0.3, -0.25) is 4.68 Å². The van der Waals surface area contributed by atoms with E-state index in [1.165, 1.54) is 6.42 Å². The summed E-state index contributed by atoms with van der Waals surface area (Å²) in [6, 6.07) is 0. The van der Waals surface area contributed by atoms with E-state index in [1.807, 2.05) is 21.1 Å². The van der Waals surface area contributed by atoms with Gasteiger partial charge in [0, 0.05) is 7.05 Å². The fourth-order valence-corrected chi connectivity index (χ4v) is 3.71. The Morgan fingerprint density at radius 3 is 2.74 bits per heavy atom. The van der Waals surface area contributed by atoms with Crippen LogP contribution < -0.4 is 0 Å². The van der Waals surface area contributed by atoms with Gasteiger partial charge in [0.25, 0.3) is 0 Å². The number of likely N-dealkylation sites (N-methyl/N-ethyl adjacent to an activating group) is 1. The van der Waals surface area contributed by atoms with Crippen molar-refractivity contribution in [3.05, 3.63) is 16.9 Å². The van der Waals surface area contributed by atoms with Crippen LogP contribution in [0.15, 0.2) is 6.20 Å². The Bertz CT molecular complexity index is 426. The maximum Gasteiger partial charge on any atom is 0.115 e. The Labute approximate surface area is 120 Å². The van der Waals surface area contributed by atoms with Crippen LogP contribution in [0.4, 0.5) is 0 Å². The quantitative estimate of drug-likeness (QED) is 0.928. The summed E-state index contributed by atoms with van der Waals surface area (Å²) < 4.78 is 1.69. The molecule has 2 rings (SSSR count). The maximum absolute atomic E-state index is 10.9. The molecule has 1 fully saturated rings. The molecule has 1 aliphatic carbocycles. The average Bonchev–Trinajstić information content (AvgIpc) is 2.67. The third-order valence-electron chi connectivity index (χ3n) is 4.60. The third-order valence-corrected chi connectivity index (χ3v) is 4.90. The van der Waals surface area contributed by atoms with E-state index < -0.39 is 6.10 Å². The first-order chi connectivity index (χ1) is 8.88. The summed E-state index contributed by atoms with van der Waals surface area (Å²) in [7, 11) is 5.93. The summed E-state index contributed by atoms with van der Waals surface area (Å²) in [6.45, 7) is 2.26. The number of aliphatic hydroxyl groups is 1. The molecule has 1 aromatic rings. The Morgan fingerprint density at radius 2 is 2.26 bits per heavy atom. The van der Waals surface area contributed by atoms with Gasteiger partial charge in [-0.25, -0.2) is 0 Å². The maximum atomic E-state index is 10.9. The standard InChI is InChI=1S/C14H24ClN3O/c1-10-6-5-7-14(8-10,17(2)3)13(19)12-11(15)9-16-18(12)4/h9-10,13,19H,5-8H2,1-4H3. The van der Waals surface area contributed by atoms with Crippen LogP contribution in [0.1, 0.15) is 44.4 Å². The van der Waals surface area contributed by atoms with Gasteiger partial charge in [0.2, 0.25) is 0 Å². The number of aryl methyl sites for hydroxylation is 1. The Hall–Kier alpha value is -0.580. The van der Waals surface area contributed by atoms with Gasteiger partial charge in [0.15, 0.2) is 0 Å². The second-order valence-electron chi connectivity index (χ2n) is 6.10. The lowest BCUT2D eigenvalue weighted by Crippen LogP contribution is -2.52. The van der Waals surface area contributed by atoms with Crippen molar-refractivity contribution < 1.29 is 5.11 Å². The fraction of sp³-hybridized carbons (Fsp3) is 0.786. The largest absolute Gasteiger partial charge is 0.385 e. The van der Waals surface area contributed by atoms with Crippen LogP contribution in [0, 0.1) is 5.92 Å². The van der Waals surface area contributed by atoms with E-state index in [0.717, 1.165) is 25.0 Å². The van der Waals surface area contributed by atoms with Crippen molar-refractivity contribution in [3.63, 3.8) is 0 Å². The predicted octanol–water partition coefficient (Wildman–Crippen LogP) is 2.62. The lowest BCUT2D eigenvalue weighted by Gasteiger charge is -2.48. The molecule has 0 bridgehead atoms. The van der Waals surface area contributed by atoms with Crippen molar-refractivity contribution in [2.24, 2.45) is 13.0 Å². The number of hydrogen-bond donors (Lipinski definition) is 1. The molecule has 1 aromatic heterocycles. The molecule has 1 saturated carbocycles. The van der Waals surface area contributed by atoms with Crippen molar-refractivity contribution in [1.82, 2.24) is 14.7 Å². The molecule has 3 unspecified atom stereocenters. The van der Waals surface area contributed by atoms with Gasteiger partial charge in [-0.2, -0.15) is 5.10 Å². The highest BCUT2D eigenvalue weighted by Gasteiger charge is 2.45. The van der Waals surface area contributed by atoms with Crippen molar-refractivity contribution in [2.75, 3.05) is 14.1 Å². The highest BCUT2D eigenvalue weighted by Crippen LogP contribution is 2.45.